The minimum absolute atomic E-state index is 0.0719. The van der Waals surface area contributed by atoms with E-state index < -0.39 is 0 Å². The third-order valence-corrected chi connectivity index (χ3v) is 5.54. The van der Waals surface area contributed by atoms with Crippen LogP contribution in [0.1, 0.15) is 21.7 Å². The number of rotatable bonds is 5. The summed E-state index contributed by atoms with van der Waals surface area (Å²) in [5.74, 6) is -0.0719. The van der Waals surface area contributed by atoms with Crippen LogP contribution in [0, 0.1) is 13.8 Å². The Bertz CT molecular complexity index is 1040. The maximum absolute atomic E-state index is 13.1. The largest absolute Gasteiger partial charge is 0.379 e. The number of carbonyl (C=O) groups is 1. The molecule has 152 valence electrons. The first-order valence-electron chi connectivity index (χ1n) is 10.0. The molecule has 1 fully saturated rings. The van der Waals surface area contributed by atoms with Crippen LogP contribution in [-0.2, 0) is 11.8 Å². The van der Waals surface area contributed by atoms with Gasteiger partial charge < -0.3 is 10.1 Å². The highest BCUT2D eigenvalue weighted by Gasteiger charge is 2.18. The minimum atomic E-state index is -0.0719. The molecular formula is C22H27N5O2. The molecule has 0 atom stereocenters. The second-order valence-electron chi connectivity index (χ2n) is 7.45. The van der Waals surface area contributed by atoms with Crippen molar-refractivity contribution in [1.82, 2.24) is 25.0 Å². The Kier molecular flexibility index (Phi) is 5.60. The predicted molar refractivity (Wildman–Crippen MR) is 113 cm³/mol. The van der Waals surface area contributed by atoms with E-state index in [1.54, 1.807) is 0 Å². The van der Waals surface area contributed by atoms with Gasteiger partial charge in [-0.25, -0.2) is 4.98 Å². The standard InChI is InChI=1S/C22H27N5O2/c1-15-21(16(2)26(3)25-15)20-14-18(17-6-4-5-7-19(17)24-20)22(28)23-8-9-27-10-12-29-13-11-27/h4-7,14H,8-13H2,1-3H3,(H,23,28). The summed E-state index contributed by atoms with van der Waals surface area (Å²) >= 11 is 0. The lowest BCUT2D eigenvalue weighted by Crippen LogP contribution is -2.41. The molecule has 2 aromatic heterocycles. The van der Waals surface area contributed by atoms with Crippen LogP contribution in [0.4, 0.5) is 0 Å². The van der Waals surface area contributed by atoms with Gasteiger partial charge in [-0.15, -0.1) is 0 Å². The Balaban J connectivity index is 1.63. The SMILES string of the molecule is Cc1nn(C)c(C)c1-c1cc(C(=O)NCCN2CCOCC2)c2ccccc2n1. The molecule has 0 bridgehead atoms. The molecule has 1 saturated heterocycles. The van der Waals surface area contributed by atoms with Crippen LogP contribution in [0.25, 0.3) is 22.2 Å². The van der Waals surface area contributed by atoms with Gasteiger partial charge in [-0.3, -0.25) is 14.4 Å². The number of ether oxygens (including phenoxy) is 1. The van der Waals surface area contributed by atoms with Crippen LogP contribution < -0.4 is 5.32 Å². The van der Waals surface area contributed by atoms with Gasteiger partial charge in [0.1, 0.15) is 0 Å². The number of nitrogens with zero attached hydrogens (tertiary/aromatic N) is 4. The van der Waals surface area contributed by atoms with Crippen molar-refractivity contribution in [2.75, 3.05) is 39.4 Å². The molecule has 1 aromatic carbocycles. The van der Waals surface area contributed by atoms with Gasteiger partial charge in [0, 0.05) is 49.9 Å². The monoisotopic (exact) mass is 393 g/mol. The first-order valence-corrected chi connectivity index (χ1v) is 10.0. The number of amides is 1. The molecule has 1 aliphatic rings. The quantitative estimate of drug-likeness (QED) is 0.720. The number of pyridine rings is 1. The van der Waals surface area contributed by atoms with Gasteiger partial charge in [-0.2, -0.15) is 5.10 Å². The number of para-hydroxylation sites is 1. The van der Waals surface area contributed by atoms with Crippen molar-refractivity contribution in [3.05, 3.63) is 47.3 Å². The summed E-state index contributed by atoms with van der Waals surface area (Å²) in [7, 11) is 1.92. The highest BCUT2D eigenvalue weighted by molar-refractivity contribution is 6.07. The number of carbonyl (C=O) groups excluding carboxylic acids is 1. The van der Waals surface area contributed by atoms with E-state index in [9.17, 15) is 4.79 Å². The number of aromatic nitrogens is 3. The Morgan fingerprint density at radius 3 is 2.69 bits per heavy atom. The lowest BCUT2D eigenvalue weighted by molar-refractivity contribution is 0.0383. The van der Waals surface area contributed by atoms with E-state index in [0.717, 1.165) is 66.4 Å². The minimum Gasteiger partial charge on any atom is -0.379 e. The summed E-state index contributed by atoms with van der Waals surface area (Å²) in [6.45, 7) is 8.78. The van der Waals surface area contributed by atoms with E-state index in [1.165, 1.54) is 0 Å². The lowest BCUT2D eigenvalue weighted by Gasteiger charge is -2.26. The molecule has 1 aliphatic heterocycles. The topological polar surface area (TPSA) is 72.3 Å². The Morgan fingerprint density at radius 1 is 1.21 bits per heavy atom. The Hall–Kier alpha value is -2.77. The summed E-state index contributed by atoms with van der Waals surface area (Å²) in [6.07, 6.45) is 0. The highest BCUT2D eigenvalue weighted by atomic mass is 16.5. The van der Waals surface area contributed by atoms with Crippen molar-refractivity contribution in [3.63, 3.8) is 0 Å². The molecule has 29 heavy (non-hydrogen) atoms. The maximum Gasteiger partial charge on any atom is 0.252 e. The fourth-order valence-electron chi connectivity index (χ4n) is 3.88. The molecule has 0 radical (unpaired) electrons. The van der Waals surface area contributed by atoms with E-state index in [4.69, 9.17) is 9.72 Å². The molecule has 3 heterocycles. The van der Waals surface area contributed by atoms with E-state index in [-0.39, 0.29) is 5.91 Å². The van der Waals surface area contributed by atoms with Crippen molar-refractivity contribution < 1.29 is 9.53 Å². The zero-order valence-corrected chi connectivity index (χ0v) is 17.2. The van der Waals surface area contributed by atoms with Crippen molar-refractivity contribution in [2.24, 2.45) is 7.05 Å². The van der Waals surface area contributed by atoms with Crippen LogP contribution in [0.2, 0.25) is 0 Å². The fraction of sp³-hybridized carbons (Fsp3) is 0.409. The third kappa shape index (κ3) is 4.02. The molecule has 7 nitrogen and oxygen atoms in total. The number of benzene rings is 1. The average molecular weight is 393 g/mol. The molecule has 0 unspecified atom stereocenters. The number of morpholine rings is 1. The molecule has 7 heteroatoms. The van der Waals surface area contributed by atoms with Gasteiger partial charge in [-0.1, -0.05) is 18.2 Å². The summed E-state index contributed by atoms with van der Waals surface area (Å²) < 4.78 is 7.23. The zero-order valence-electron chi connectivity index (χ0n) is 17.2. The van der Waals surface area contributed by atoms with Gasteiger partial charge in [-0.05, 0) is 26.0 Å². The molecule has 1 amide bonds. The molecule has 0 aliphatic carbocycles. The fourth-order valence-corrected chi connectivity index (χ4v) is 3.88. The van der Waals surface area contributed by atoms with Crippen LogP contribution in [-0.4, -0.2) is 65.0 Å². The van der Waals surface area contributed by atoms with E-state index in [1.807, 2.05) is 55.9 Å². The summed E-state index contributed by atoms with van der Waals surface area (Å²) in [6, 6.07) is 9.68. The van der Waals surface area contributed by atoms with Gasteiger partial charge in [0.15, 0.2) is 0 Å². The van der Waals surface area contributed by atoms with Crippen molar-refractivity contribution in [3.8, 4) is 11.3 Å². The molecule has 0 saturated carbocycles. The van der Waals surface area contributed by atoms with E-state index in [2.05, 4.69) is 15.3 Å². The first kappa shape index (κ1) is 19.5. The van der Waals surface area contributed by atoms with Gasteiger partial charge in [0.05, 0.1) is 35.7 Å². The molecular weight excluding hydrogens is 366 g/mol. The predicted octanol–water partition coefficient (Wildman–Crippen LogP) is 2.31. The smallest absolute Gasteiger partial charge is 0.252 e. The lowest BCUT2D eigenvalue weighted by atomic mass is 10.0. The van der Waals surface area contributed by atoms with E-state index >= 15 is 0 Å². The normalized spacial score (nSPS) is 15.0. The van der Waals surface area contributed by atoms with E-state index in [0.29, 0.717) is 12.1 Å². The summed E-state index contributed by atoms with van der Waals surface area (Å²) in [5.41, 5.74) is 5.17. The third-order valence-electron chi connectivity index (χ3n) is 5.54. The molecule has 3 aromatic rings. The number of nitrogens with one attached hydrogen (secondary N) is 1. The number of fused-ring (bicyclic) bond motifs is 1. The molecule has 0 spiro atoms. The van der Waals surface area contributed by atoms with Gasteiger partial charge in [0.2, 0.25) is 0 Å². The summed E-state index contributed by atoms with van der Waals surface area (Å²) in [4.78, 5) is 20.2. The van der Waals surface area contributed by atoms with Crippen LogP contribution in [0.3, 0.4) is 0 Å². The maximum atomic E-state index is 13.1. The second kappa shape index (κ2) is 8.31. The highest BCUT2D eigenvalue weighted by Crippen LogP contribution is 2.29. The van der Waals surface area contributed by atoms with Crippen molar-refractivity contribution in [1.29, 1.82) is 0 Å². The Labute approximate surface area is 170 Å². The number of hydrogen-bond acceptors (Lipinski definition) is 5. The van der Waals surface area contributed by atoms with Crippen molar-refractivity contribution >= 4 is 16.8 Å². The summed E-state index contributed by atoms with van der Waals surface area (Å²) in [5, 5.41) is 8.45. The van der Waals surface area contributed by atoms with Crippen LogP contribution in [0.15, 0.2) is 30.3 Å². The average Bonchev–Trinajstić information content (AvgIpc) is 2.99. The molecule has 1 N–H and O–H groups in total. The van der Waals surface area contributed by atoms with Crippen LogP contribution >= 0.6 is 0 Å². The van der Waals surface area contributed by atoms with Crippen molar-refractivity contribution in [2.45, 2.75) is 13.8 Å². The van der Waals surface area contributed by atoms with Gasteiger partial charge in [0.25, 0.3) is 5.91 Å². The Morgan fingerprint density at radius 2 is 1.97 bits per heavy atom. The number of hydrogen-bond donors (Lipinski definition) is 1. The zero-order chi connectivity index (χ0) is 20.4. The second-order valence-corrected chi connectivity index (χ2v) is 7.45. The van der Waals surface area contributed by atoms with Gasteiger partial charge >= 0.3 is 0 Å². The molecule has 4 rings (SSSR count). The first-order chi connectivity index (χ1) is 14.0. The van der Waals surface area contributed by atoms with Crippen LogP contribution in [0.5, 0.6) is 0 Å². The number of aryl methyl sites for hydroxylation is 2.